The summed E-state index contributed by atoms with van der Waals surface area (Å²) in [5.41, 5.74) is 2.05. The van der Waals surface area contributed by atoms with E-state index in [-0.39, 0.29) is 5.38 Å². The molecular weight excluding hydrogens is 303 g/mol. The number of alkyl halides is 1. The number of hydrogen-bond acceptors (Lipinski definition) is 2. The third-order valence-electron chi connectivity index (χ3n) is 2.56. The standard InChI is InChI=1S/C13H12BrClO2/c1-8-7-9(3-4-10(8)16-2)13(15)11-5-6-12(14)17-11/h3-7,13H,1-2H3. The van der Waals surface area contributed by atoms with Gasteiger partial charge in [-0.15, -0.1) is 11.6 Å². The van der Waals surface area contributed by atoms with Crippen molar-refractivity contribution >= 4 is 27.5 Å². The molecule has 0 amide bonds. The molecular formula is C13H12BrClO2. The molecule has 0 aliphatic heterocycles. The lowest BCUT2D eigenvalue weighted by Gasteiger charge is -2.10. The number of furan rings is 1. The zero-order valence-corrected chi connectivity index (χ0v) is 11.9. The molecule has 1 atom stereocenters. The maximum atomic E-state index is 6.36. The number of rotatable bonds is 3. The van der Waals surface area contributed by atoms with E-state index in [1.54, 1.807) is 7.11 Å². The van der Waals surface area contributed by atoms with Crippen LogP contribution in [0.15, 0.2) is 39.4 Å². The van der Waals surface area contributed by atoms with Crippen LogP contribution in [0.5, 0.6) is 5.75 Å². The van der Waals surface area contributed by atoms with Gasteiger partial charge in [0.25, 0.3) is 0 Å². The second kappa shape index (κ2) is 5.15. The molecule has 2 rings (SSSR count). The Labute approximate surface area is 114 Å². The van der Waals surface area contributed by atoms with E-state index in [0.717, 1.165) is 22.6 Å². The van der Waals surface area contributed by atoms with Crippen molar-refractivity contribution in [1.82, 2.24) is 0 Å². The van der Waals surface area contributed by atoms with Gasteiger partial charge < -0.3 is 9.15 Å². The Morgan fingerprint density at radius 3 is 2.59 bits per heavy atom. The summed E-state index contributed by atoms with van der Waals surface area (Å²) in [4.78, 5) is 0. The van der Waals surface area contributed by atoms with Crippen LogP contribution >= 0.6 is 27.5 Å². The molecule has 4 heteroatoms. The lowest BCUT2D eigenvalue weighted by Crippen LogP contribution is -1.94. The van der Waals surface area contributed by atoms with Crippen molar-refractivity contribution in [3.8, 4) is 5.75 Å². The fraction of sp³-hybridized carbons (Fsp3) is 0.231. The Morgan fingerprint density at radius 2 is 2.06 bits per heavy atom. The second-order valence-electron chi connectivity index (χ2n) is 3.73. The molecule has 1 aromatic carbocycles. The quantitative estimate of drug-likeness (QED) is 0.767. The first kappa shape index (κ1) is 12.5. The van der Waals surface area contributed by atoms with Gasteiger partial charge in [-0.25, -0.2) is 0 Å². The van der Waals surface area contributed by atoms with Crippen molar-refractivity contribution in [3.63, 3.8) is 0 Å². The minimum absolute atomic E-state index is 0.286. The van der Waals surface area contributed by atoms with Gasteiger partial charge in [-0.05, 0) is 52.2 Å². The molecule has 0 saturated carbocycles. The smallest absolute Gasteiger partial charge is 0.169 e. The van der Waals surface area contributed by atoms with Gasteiger partial charge in [-0.1, -0.05) is 12.1 Å². The first-order valence-electron chi connectivity index (χ1n) is 5.15. The minimum atomic E-state index is -0.286. The molecule has 0 aliphatic carbocycles. The molecule has 1 heterocycles. The van der Waals surface area contributed by atoms with Crippen LogP contribution in [0.2, 0.25) is 0 Å². The number of ether oxygens (including phenoxy) is 1. The molecule has 0 fully saturated rings. The molecule has 0 saturated heterocycles. The average molecular weight is 316 g/mol. The SMILES string of the molecule is COc1ccc(C(Cl)c2ccc(Br)o2)cc1C. The van der Waals surface area contributed by atoms with E-state index in [0.29, 0.717) is 4.67 Å². The molecule has 90 valence electrons. The highest BCUT2D eigenvalue weighted by Gasteiger charge is 2.15. The molecule has 2 aromatic rings. The van der Waals surface area contributed by atoms with Crippen molar-refractivity contribution in [2.24, 2.45) is 0 Å². The minimum Gasteiger partial charge on any atom is -0.496 e. The topological polar surface area (TPSA) is 22.4 Å². The Kier molecular flexibility index (Phi) is 3.79. The van der Waals surface area contributed by atoms with Gasteiger partial charge in [0.1, 0.15) is 16.9 Å². The molecule has 0 radical (unpaired) electrons. The first-order valence-corrected chi connectivity index (χ1v) is 6.38. The Morgan fingerprint density at radius 1 is 1.29 bits per heavy atom. The van der Waals surface area contributed by atoms with E-state index in [9.17, 15) is 0 Å². The van der Waals surface area contributed by atoms with Crippen LogP contribution in [0.3, 0.4) is 0 Å². The van der Waals surface area contributed by atoms with Gasteiger partial charge in [0.2, 0.25) is 0 Å². The number of aryl methyl sites for hydroxylation is 1. The van der Waals surface area contributed by atoms with Gasteiger partial charge in [0.15, 0.2) is 4.67 Å². The van der Waals surface area contributed by atoms with Crippen molar-refractivity contribution in [2.75, 3.05) is 7.11 Å². The Balaban J connectivity index is 2.31. The predicted octanol–water partition coefficient (Wildman–Crippen LogP) is 4.69. The van der Waals surface area contributed by atoms with Gasteiger partial charge >= 0.3 is 0 Å². The lowest BCUT2D eigenvalue weighted by molar-refractivity contribution is 0.411. The van der Waals surface area contributed by atoms with E-state index >= 15 is 0 Å². The zero-order chi connectivity index (χ0) is 12.4. The monoisotopic (exact) mass is 314 g/mol. The molecule has 0 N–H and O–H groups in total. The third kappa shape index (κ3) is 2.67. The van der Waals surface area contributed by atoms with Crippen LogP contribution in [0.4, 0.5) is 0 Å². The highest BCUT2D eigenvalue weighted by molar-refractivity contribution is 9.10. The van der Waals surface area contributed by atoms with Crippen LogP contribution in [0.25, 0.3) is 0 Å². The van der Waals surface area contributed by atoms with Gasteiger partial charge in [0.05, 0.1) is 7.11 Å². The molecule has 0 spiro atoms. The molecule has 17 heavy (non-hydrogen) atoms. The summed E-state index contributed by atoms with van der Waals surface area (Å²) in [5, 5.41) is -0.286. The van der Waals surface area contributed by atoms with Crippen LogP contribution in [-0.2, 0) is 0 Å². The zero-order valence-electron chi connectivity index (χ0n) is 9.54. The average Bonchev–Trinajstić information content (AvgIpc) is 2.75. The van der Waals surface area contributed by atoms with Crippen LogP contribution < -0.4 is 4.74 Å². The van der Waals surface area contributed by atoms with Crippen molar-refractivity contribution in [2.45, 2.75) is 12.3 Å². The van der Waals surface area contributed by atoms with Gasteiger partial charge in [0, 0.05) is 0 Å². The van der Waals surface area contributed by atoms with E-state index in [1.807, 2.05) is 37.3 Å². The van der Waals surface area contributed by atoms with Gasteiger partial charge in [-0.2, -0.15) is 0 Å². The Hall–Kier alpha value is -0.930. The first-order chi connectivity index (χ1) is 8.11. The fourth-order valence-electron chi connectivity index (χ4n) is 1.69. The number of hydrogen-bond donors (Lipinski definition) is 0. The van der Waals surface area contributed by atoms with E-state index in [1.165, 1.54) is 0 Å². The molecule has 1 unspecified atom stereocenters. The normalized spacial score (nSPS) is 12.5. The van der Waals surface area contributed by atoms with E-state index in [2.05, 4.69) is 15.9 Å². The van der Waals surface area contributed by atoms with E-state index < -0.39 is 0 Å². The summed E-state index contributed by atoms with van der Waals surface area (Å²) in [7, 11) is 1.66. The largest absolute Gasteiger partial charge is 0.496 e. The van der Waals surface area contributed by atoms with Crippen LogP contribution in [0, 0.1) is 6.92 Å². The number of methoxy groups -OCH3 is 1. The molecule has 0 aliphatic rings. The Bertz CT molecular complexity index is 522. The highest BCUT2D eigenvalue weighted by atomic mass is 79.9. The highest BCUT2D eigenvalue weighted by Crippen LogP contribution is 2.33. The predicted molar refractivity (Wildman–Crippen MR) is 71.8 cm³/mol. The molecule has 2 nitrogen and oxygen atoms in total. The lowest BCUT2D eigenvalue weighted by atomic mass is 10.1. The van der Waals surface area contributed by atoms with Crippen LogP contribution in [-0.4, -0.2) is 7.11 Å². The number of benzene rings is 1. The van der Waals surface area contributed by atoms with E-state index in [4.69, 9.17) is 20.8 Å². The summed E-state index contributed by atoms with van der Waals surface area (Å²) in [6.07, 6.45) is 0. The van der Waals surface area contributed by atoms with Gasteiger partial charge in [-0.3, -0.25) is 0 Å². The second-order valence-corrected chi connectivity index (χ2v) is 4.95. The summed E-state index contributed by atoms with van der Waals surface area (Å²) in [6, 6.07) is 9.56. The third-order valence-corrected chi connectivity index (χ3v) is 3.45. The summed E-state index contributed by atoms with van der Waals surface area (Å²) >= 11 is 9.62. The number of halogens is 2. The van der Waals surface area contributed by atoms with Crippen molar-refractivity contribution in [3.05, 3.63) is 51.9 Å². The maximum absolute atomic E-state index is 6.36. The summed E-state index contributed by atoms with van der Waals surface area (Å²) in [6.45, 7) is 1.99. The maximum Gasteiger partial charge on any atom is 0.169 e. The van der Waals surface area contributed by atoms with Crippen molar-refractivity contribution in [1.29, 1.82) is 0 Å². The summed E-state index contributed by atoms with van der Waals surface area (Å²) < 4.78 is 11.3. The van der Waals surface area contributed by atoms with Crippen molar-refractivity contribution < 1.29 is 9.15 Å². The molecule has 0 bridgehead atoms. The summed E-state index contributed by atoms with van der Waals surface area (Å²) in [5.74, 6) is 1.58. The molecule has 1 aromatic heterocycles. The fourth-order valence-corrected chi connectivity index (χ4v) is 2.26. The van der Waals surface area contributed by atoms with Crippen LogP contribution in [0.1, 0.15) is 22.3 Å².